The fourth-order valence-electron chi connectivity index (χ4n) is 0.821. The summed E-state index contributed by atoms with van der Waals surface area (Å²) in [5.74, 6) is -0.0602. The van der Waals surface area contributed by atoms with E-state index in [1.807, 2.05) is 0 Å². The minimum absolute atomic E-state index is 0.0142. The molecule has 0 unspecified atom stereocenters. The molecule has 0 aliphatic carbocycles. The molecule has 68 valence electrons. The van der Waals surface area contributed by atoms with Crippen molar-refractivity contribution in [2.75, 3.05) is 11.6 Å². The highest BCUT2D eigenvalue weighted by molar-refractivity contribution is 8.15. The van der Waals surface area contributed by atoms with Crippen LogP contribution in [0.4, 0.5) is 0 Å². The molecule has 3 nitrogen and oxygen atoms in total. The van der Waals surface area contributed by atoms with Gasteiger partial charge < -0.3 is 0 Å². The number of carbonyl (C=O) groups excluding carboxylic acids is 1. The average Bonchev–Trinajstić information content (AvgIpc) is 2.30. The quantitative estimate of drug-likeness (QED) is 0.654. The fraction of sp³-hybridized carbons (Fsp3) is 0.500. The molecule has 1 rings (SSSR count). The third kappa shape index (κ3) is 2.80. The fourth-order valence-corrected chi connectivity index (χ4v) is 3.62. The summed E-state index contributed by atoms with van der Waals surface area (Å²) in [6, 6.07) is 0. The van der Waals surface area contributed by atoms with Crippen molar-refractivity contribution in [3.05, 3.63) is 11.5 Å². The number of hydrogen-bond donors (Lipinski definition) is 0. The van der Waals surface area contributed by atoms with Crippen molar-refractivity contribution >= 4 is 38.3 Å². The van der Waals surface area contributed by atoms with Crippen LogP contribution in [0.3, 0.4) is 0 Å². The van der Waals surface area contributed by atoms with Gasteiger partial charge in [0.15, 0.2) is 9.84 Å². The van der Waals surface area contributed by atoms with Crippen LogP contribution in [0.2, 0.25) is 0 Å². The Morgan fingerprint density at radius 3 is 2.75 bits per heavy atom. The van der Waals surface area contributed by atoms with E-state index >= 15 is 0 Å². The maximum atomic E-state index is 10.9. The Balaban J connectivity index is 2.51. The Labute approximate surface area is 80.1 Å². The molecule has 0 amide bonds. The predicted octanol–water partition coefficient (Wildman–Crippen LogP) is 0.796. The van der Waals surface area contributed by atoms with Crippen molar-refractivity contribution in [2.45, 2.75) is 5.25 Å². The molecule has 0 N–H and O–H groups in total. The Morgan fingerprint density at radius 2 is 2.33 bits per heavy atom. The summed E-state index contributed by atoms with van der Waals surface area (Å²) in [7, 11) is -3.05. The Morgan fingerprint density at radius 1 is 1.67 bits per heavy atom. The van der Waals surface area contributed by atoms with Gasteiger partial charge in [0.2, 0.25) is 5.12 Å². The van der Waals surface area contributed by atoms with Gasteiger partial charge in [-0.25, -0.2) is 8.42 Å². The number of rotatable bonds is 2. The second kappa shape index (κ2) is 3.81. The summed E-state index contributed by atoms with van der Waals surface area (Å²) in [6.07, 6.45) is 1.52. The first-order chi connectivity index (χ1) is 5.53. The second-order valence-electron chi connectivity index (χ2n) is 2.32. The molecule has 0 saturated heterocycles. The molecule has 0 fully saturated rings. The van der Waals surface area contributed by atoms with Crippen LogP contribution in [0, 0.1) is 0 Å². The van der Waals surface area contributed by atoms with Crippen molar-refractivity contribution < 1.29 is 13.2 Å². The highest BCUT2D eigenvalue weighted by Gasteiger charge is 2.23. The highest BCUT2D eigenvalue weighted by Crippen LogP contribution is 2.22. The number of hydrogen-bond acceptors (Lipinski definition) is 4. The Bertz CT molecular complexity index is 307. The molecule has 0 aromatic rings. The van der Waals surface area contributed by atoms with Gasteiger partial charge in [0, 0.05) is 10.7 Å². The zero-order valence-electron chi connectivity index (χ0n) is 6.07. The van der Waals surface area contributed by atoms with Gasteiger partial charge in [-0.1, -0.05) is 17.8 Å². The Hall–Kier alpha value is -0.000000000000000111. The van der Waals surface area contributed by atoms with Gasteiger partial charge in [-0.15, -0.1) is 11.6 Å². The first kappa shape index (κ1) is 10.1. The average molecular weight is 227 g/mol. The van der Waals surface area contributed by atoms with E-state index in [2.05, 4.69) is 0 Å². The molecule has 6 heteroatoms. The Kier molecular flexibility index (Phi) is 3.20. The lowest BCUT2D eigenvalue weighted by Crippen LogP contribution is -2.10. The van der Waals surface area contributed by atoms with E-state index in [-0.39, 0.29) is 22.0 Å². The van der Waals surface area contributed by atoms with E-state index in [9.17, 15) is 13.2 Å². The number of halogens is 1. The molecule has 1 atom stereocenters. The van der Waals surface area contributed by atoms with Crippen LogP contribution in [-0.4, -0.2) is 30.4 Å². The lowest BCUT2D eigenvalue weighted by atomic mass is 10.5. The standard InChI is InChI=1S/C6H7ClO3S2/c7-3-6(8)11-5-1-2-12(9,10)4-5/h1-2,5H,3-4H2/t5-/m0/s1. The summed E-state index contributed by atoms with van der Waals surface area (Å²) in [5.41, 5.74) is 0. The first-order valence-electron chi connectivity index (χ1n) is 3.20. The molecule has 0 aromatic carbocycles. The zero-order valence-corrected chi connectivity index (χ0v) is 8.45. The summed E-state index contributed by atoms with van der Waals surface area (Å²) >= 11 is 6.23. The van der Waals surface area contributed by atoms with E-state index in [0.29, 0.717) is 0 Å². The molecular weight excluding hydrogens is 220 g/mol. The van der Waals surface area contributed by atoms with Gasteiger partial charge in [0.25, 0.3) is 0 Å². The minimum Gasteiger partial charge on any atom is -0.286 e. The lowest BCUT2D eigenvalue weighted by molar-refractivity contribution is -0.108. The molecule has 0 bridgehead atoms. The summed E-state index contributed by atoms with van der Waals surface area (Å²) in [4.78, 5) is 10.8. The maximum absolute atomic E-state index is 10.9. The second-order valence-corrected chi connectivity index (χ2v) is 5.82. The maximum Gasteiger partial charge on any atom is 0.204 e. The topological polar surface area (TPSA) is 51.2 Å². The molecular formula is C6H7ClO3S2. The number of sulfone groups is 1. The molecule has 12 heavy (non-hydrogen) atoms. The van der Waals surface area contributed by atoms with Crippen LogP contribution in [-0.2, 0) is 14.6 Å². The first-order valence-corrected chi connectivity index (χ1v) is 6.33. The number of alkyl halides is 1. The minimum atomic E-state index is -3.05. The largest absolute Gasteiger partial charge is 0.286 e. The van der Waals surface area contributed by atoms with E-state index in [0.717, 1.165) is 17.2 Å². The van der Waals surface area contributed by atoms with Gasteiger partial charge >= 0.3 is 0 Å². The van der Waals surface area contributed by atoms with E-state index < -0.39 is 9.84 Å². The summed E-state index contributed by atoms with van der Waals surface area (Å²) in [5, 5.41) is 0.705. The van der Waals surface area contributed by atoms with Crippen LogP contribution in [0.5, 0.6) is 0 Å². The van der Waals surface area contributed by atoms with Crippen molar-refractivity contribution in [1.82, 2.24) is 0 Å². The molecule has 0 radical (unpaired) electrons. The SMILES string of the molecule is O=C(CCl)S[C@H]1C=CS(=O)(=O)C1. The highest BCUT2D eigenvalue weighted by atomic mass is 35.5. The van der Waals surface area contributed by atoms with Crippen molar-refractivity contribution in [1.29, 1.82) is 0 Å². The third-order valence-electron chi connectivity index (χ3n) is 1.29. The van der Waals surface area contributed by atoms with Crippen molar-refractivity contribution in [3.63, 3.8) is 0 Å². The molecule has 1 heterocycles. The van der Waals surface area contributed by atoms with E-state index in [1.54, 1.807) is 0 Å². The van der Waals surface area contributed by atoms with Gasteiger partial charge in [0.05, 0.1) is 11.6 Å². The van der Waals surface area contributed by atoms with Crippen LogP contribution < -0.4 is 0 Å². The number of carbonyl (C=O) groups is 1. The van der Waals surface area contributed by atoms with Gasteiger partial charge in [-0.2, -0.15) is 0 Å². The number of thioether (sulfide) groups is 1. The monoisotopic (exact) mass is 226 g/mol. The zero-order chi connectivity index (χ0) is 9.19. The van der Waals surface area contributed by atoms with Crippen LogP contribution in [0.1, 0.15) is 0 Å². The normalized spacial score (nSPS) is 25.9. The summed E-state index contributed by atoms with van der Waals surface area (Å²) < 4.78 is 21.7. The van der Waals surface area contributed by atoms with E-state index in [4.69, 9.17) is 11.6 Å². The molecule has 1 aliphatic rings. The molecule has 0 aromatic heterocycles. The predicted molar refractivity (Wildman–Crippen MR) is 50.0 cm³/mol. The molecule has 0 saturated carbocycles. The van der Waals surface area contributed by atoms with Gasteiger partial charge in [0.1, 0.15) is 0 Å². The van der Waals surface area contributed by atoms with Crippen LogP contribution in [0.15, 0.2) is 11.5 Å². The van der Waals surface area contributed by atoms with Gasteiger partial charge in [-0.3, -0.25) is 4.79 Å². The van der Waals surface area contributed by atoms with Crippen molar-refractivity contribution in [2.24, 2.45) is 0 Å². The summed E-state index contributed by atoms with van der Waals surface area (Å²) in [6.45, 7) is 0. The van der Waals surface area contributed by atoms with Crippen LogP contribution >= 0.6 is 23.4 Å². The molecule has 0 spiro atoms. The lowest BCUT2D eigenvalue weighted by Gasteiger charge is -2.01. The molecule has 1 aliphatic heterocycles. The van der Waals surface area contributed by atoms with Crippen LogP contribution in [0.25, 0.3) is 0 Å². The van der Waals surface area contributed by atoms with E-state index in [1.165, 1.54) is 6.08 Å². The van der Waals surface area contributed by atoms with Gasteiger partial charge in [-0.05, 0) is 0 Å². The third-order valence-corrected chi connectivity index (χ3v) is 4.33. The van der Waals surface area contributed by atoms with Crippen molar-refractivity contribution in [3.8, 4) is 0 Å². The smallest absolute Gasteiger partial charge is 0.204 e.